The summed E-state index contributed by atoms with van der Waals surface area (Å²) in [5, 5.41) is 2.50. The number of morpholine rings is 1. The Labute approximate surface area is 200 Å². The maximum absolute atomic E-state index is 14.3. The van der Waals surface area contributed by atoms with Crippen LogP contribution in [0.15, 0.2) is 54.6 Å². The number of thiazole rings is 1. The Hall–Kier alpha value is -2.94. The summed E-state index contributed by atoms with van der Waals surface area (Å²) in [6, 6.07) is 16.0. The third kappa shape index (κ3) is 4.94. The van der Waals surface area contributed by atoms with Gasteiger partial charge in [-0.3, -0.25) is 14.6 Å². The molecule has 5 nitrogen and oxygen atoms in total. The zero-order valence-corrected chi connectivity index (χ0v) is 19.5. The van der Waals surface area contributed by atoms with Crippen LogP contribution >= 0.6 is 11.3 Å². The predicted octanol–water partition coefficient (Wildman–Crippen LogP) is 5.03. The van der Waals surface area contributed by atoms with Crippen molar-refractivity contribution in [2.45, 2.75) is 12.8 Å². The van der Waals surface area contributed by atoms with Gasteiger partial charge in [0.1, 0.15) is 11.3 Å². The molecule has 0 radical (unpaired) electrons. The maximum Gasteiger partial charge on any atom is 0.233 e. The molecule has 2 heterocycles. The molecule has 0 atom stereocenters. The second-order valence-electron chi connectivity index (χ2n) is 8.40. The van der Waals surface area contributed by atoms with E-state index in [4.69, 9.17) is 4.74 Å². The molecule has 8 heteroatoms. The van der Waals surface area contributed by atoms with E-state index in [0.29, 0.717) is 29.6 Å². The molecule has 0 unspecified atom stereocenters. The lowest BCUT2D eigenvalue weighted by Crippen LogP contribution is -2.39. The third-order valence-electron chi connectivity index (χ3n) is 6.12. The van der Waals surface area contributed by atoms with Crippen LogP contribution in [0, 0.1) is 11.6 Å². The average Bonchev–Trinajstić information content (AvgIpc) is 3.26. The van der Waals surface area contributed by atoms with E-state index in [-0.39, 0.29) is 17.8 Å². The van der Waals surface area contributed by atoms with Crippen LogP contribution in [-0.2, 0) is 16.0 Å². The van der Waals surface area contributed by atoms with Crippen LogP contribution < -0.4 is 4.90 Å². The van der Waals surface area contributed by atoms with Gasteiger partial charge < -0.3 is 4.74 Å². The fraction of sp³-hybridized carbons (Fsp3) is 0.308. The monoisotopic (exact) mass is 481 g/mol. The van der Waals surface area contributed by atoms with Crippen molar-refractivity contribution < 1.29 is 18.3 Å². The van der Waals surface area contributed by atoms with E-state index >= 15 is 0 Å². The average molecular weight is 482 g/mol. The van der Waals surface area contributed by atoms with E-state index < -0.39 is 11.6 Å². The Bertz CT molecular complexity index is 1310. The molecule has 34 heavy (non-hydrogen) atoms. The van der Waals surface area contributed by atoms with Crippen LogP contribution in [0.4, 0.5) is 13.9 Å². The number of hydrogen-bond donors (Lipinski definition) is 0. The first-order valence-electron chi connectivity index (χ1n) is 11.4. The van der Waals surface area contributed by atoms with Crippen LogP contribution in [-0.4, -0.2) is 55.2 Å². The molecule has 0 saturated carbocycles. The number of anilines is 1. The molecule has 3 aromatic carbocycles. The largest absolute Gasteiger partial charge is 0.379 e. The summed E-state index contributed by atoms with van der Waals surface area (Å²) in [7, 11) is 0. The number of nitrogens with zero attached hydrogens (tertiary/aromatic N) is 3. The van der Waals surface area contributed by atoms with Gasteiger partial charge in [-0.2, -0.15) is 0 Å². The van der Waals surface area contributed by atoms with Crippen LogP contribution in [0.25, 0.3) is 21.0 Å². The Morgan fingerprint density at radius 3 is 2.74 bits per heavy atom. The van der Waals surface area contributed by atoms with Gasteiger partial charge in [0.05, 0.1) is 24.3 Å². The summed E-state index contributed by atoms with van der Waals surface area (Å²) < 4.78 is 33.9. The summed E-state index contributed by atoms with van der Waals surface area (Å²) in [4.78, 5) is 21.9. The summed E-state index contributed by atoms with van der Waals surface area (Å²) in [6.45, 7) is 4.45. The molecule has 1 aromatic heterocycles. The van der Waals surface area contributed by atoms with E-state index in [9.17, 15) is 13.6 Å². The lowest BCUT2D eigenvalue weighted by Gasteiger charge is -2.27. The lowest BCUT2D eigenvalue weighted by molar-refractivity contribution is -0.118. The van der Waals surface area contributed by atoms with Gasteiger partial charge in [0.25, 0.3) is 0 Å². The van der Waals surface area contributed by atoms with Crippen molar-refractivity contribution in [3.05, 3.63) is 71.8 Å². The second-order valence-corrected chi connectivity index (χ2v) is 9.41. The molecule has 1 aliphatic rings. The van der Waals surface area contributed by atoms with Gasteiger partial charge in [-0.15, -0.1) is 0 Å². The smallest absolute Gasteiger partial charge is 0.233 e. The SMILES string of the molecule is O=C(Cc1cccc2ccccc12)N(CCCN1CCOCC1)c1nc2c(F)cc(F)cc2s1. The number of carbonyl (C=O) groups excluding carboxylic acids is 1. The predicted molar refractivity (Wildman–Crippen MR) is 131 cm³/mol. The molecule has 176 valence electrons. The van der Waals surface area contributed by atoms with Crippen molar-refractivity contribution in [1.82, 2.24) is 9.88 Å². The van der Waals surface area contributed by atoms with Crippen molar-refractivity contribution in [2.75, 3.05) is 44.3 Å². The van der Waals surface area contributed by atoms with E-state index in [0.717, 1.165) is 59.8 Å². The van der Waals surface area contributed by atoms with E-state index in [1.807, 2.05) is 42.5 Å². The molecule has 0 aliphatic carbocycles. The van der Waals surface area contributed by atoms with Crippen LogP contribution in [0.5, 0.6) is 0 Å². The fourth-order valence-corrected chi connectivity index (χ4v) is 5.42. The van der Waals surface area contributed by atoms with Crippen LogP contribution in [0.1, 0.15) is 12.0 Å². The van der Waals surface area contributed by atoms with Gasteiger partial charge in [-0.25, -0.2) is 13.8 Å². The first-order chi connectivity index (χ1) is 16.6. The number of hydrogen-bond acceptors (Lipinski definition) is 5. The Kier molecular flexibility index (Phi) is 6.80. The van der Waals surface area contributed by atoms with Gasteiger partial charge >= 0.3 is 0 Å². The standard InChI is InChI=1S/C26H25F2N3O2S/c27-20-16-22(28)25-23(17-20)34-26(29-25)31(10-4-9-30-11-13-33-14-12-30)24(32)15-19-7-3-6-18-5-1-2-8-21(18)19/h1-3,5-8,16-17H,4,9-15H2. The number of fused-ring (bicyclic) bond motifs is 2. The second kappa shape index (κ2) is 10.1. The van der Waals surface area contributed by atoms with Crippen LogP contribution in [0.2, 0.25) is 0 Å². The topological polar surface area (TPSA) is 45.7 Å². The zero-order chi connectivity index (χ0) is 23.5. The minimum atomic E-state index is -0.715. The van der Waals surface area contributed by atoms with Crippen molar-refractivity contribution >= 4 is 43.4 Å². The number of ether oxygens (including phenoxy) is 1. The molecule has 0 bridgehead atoms. The molecule has 4 aromatic rings. The molecule has 0 N–H and O–H groups in total. The summed E-state index contributed by atoms with van der Waals surface area (Å²) in [5.74, 6) is -1.48. The van der Waals surface area contributed by atoms with Crippen molar-refractivity contribution in [3.8, 4) is 0 Å². The van der Waals surface area contributed by atoms with Gasteiger partial charge in [-0.1, -0.05) is 53.8 Å². The lowest BCUT2D eigenvalue weighted by atomic mass is 10.0. The number of benzene rings is 3. The van der Waals surface area contributed by atoms with Crippen molar-refractivity contribution in [1.29, 1.82) is 0 Å². The summed E-state index contributed by atoms with van der Waals surface area (Å²) >= 11 is 1.14. The van der Waals surface area contributed by atoms with Gasteiger partial charge in [0.15, 0.2) is 10.9 Å². The highest BCUT2D eigenvalue weighted by atomic mass is 32.1. The molecule has 1 saturated heterocycles. The van der Waals surface area contributed by atoms with Gasteiger partial charge in [0, 0.05) is 32.2 Å². The van der Waals surface area contributed by atoms with Gasteiger partial charge in [0.2, 0.25) is 5.91 Å². The molecule has 1 amide bonds. The molecule has 5 rings (SSSR count). The number of rotatable bonds is 7. The third-order valence-corrected chi connectivity index (χ3v) is 7.14. The number of aromatic nitrogens is 1. The molecule has 0 spiro atoms. The minimum Gasteiger partial charge on any atom is -0.379 e. The first kappa shape index (κ1) is 22.8. The quantitative estimate of drug-likeness (QED) is 0.372. The van der Waals surface area contributed by atoms with Crippen molar-refractivity contribution in [2.24, 2.45) is 0 Å². The Balaban J connectivity index is 1.42. The maximum atomic E-state index is 14.3. The molecule has 1 aliphatic heterocycles. The van der Waals surface area contributed by atoms with Crippen molar-refractivity contribution in [3.63, 3.8) is 0 Å². The normalized spacial score (nSPS) is 14.6. The molecular formula is C26H25F2N3O2S. The number of carbonyl (C=O) groups is 1. The number of halogens is 2. The first-order valence-corrected chi connectivity index (χ1v) is 12.2. The Morgan fingerprint density at radius 2 is 1.88 bits per heavy atom. The fourth-order valence-electron chi connectivity index (χ4n) is 4.37. The number of amides is 1. The Morgan fingerprint density at radius 1 is 1.09 bits per heavy atom. The highest BCUT2D eigenvalue weighted by Gasteiger charge is 2.22. The minimum absolute atomic E-state index is 0.0949. The summed E-state index contributed by atoms with van der Waals surface area (Å²) in [6.07, 6.45) is 0.944. The summed E-state index contributed by atoms with van der Waals surface area (Å²) in [5.41, 5.74) is 1.03. The van der Waals surface area contributed by atoms with E-state index in [1.165, 1.54) is 6.07 Å². The highest BCUT2D eigenvalue weighted by molar-refractivity contribution is 7.22. The van der Waals surface area contributed by atoms with E-state index in [2.05, 4.69) is 9.88 Å². The highest BCUT2D eigenvalue weighted by Crippen LogP contribution is 2.32. The molecular weight excluding hydrogens is 456 g/mol. The van der Waals surface area contributed by atoms with Crippen LogP contribution in [0.3, 0.4) is 0 Å². The zero-order valence-electron chi connectivity index (χ0n) is 18.7. The van der Waals surface area contributed by atoms with Gasteiger partial charge in [-0.05, 0) is 28.8 Å². The molecule has 1 fully saturated rings. The van der Waals surface area contributed by atoms with E-state index in [1.54, 1.807) is 4.90 Å².